The fourth-order valence-corrected chi connectivity index (χ4v) is 4.53. The van der Waals surface area contributed by atoms with E-state index < -0.39 is 6.09 Å². The average molecular weight is 505 g/mol. The lowest BCUT2D eigenvalue weighted by molar-refractivity contribution is 0.0764. The van der Waals surface area contributed by atoms with Crippen molar-refractivity contribution in [1.29, 1.82) is 0 Å². The third kappa shape index (κ3) is 6.46. The summed E-state index contributed by atoms with van der Waals surface area (Å²) in [5.74, 6) is 2.00. The number of fused-ring (bicyclic) bond motifs is 1. The molecule has 8 heteroatoms. The molecule has 1 amide bonds. The molecule has 3 aromatic rings. The third-order valence-corrected chi connectivity index (χ3v) is 6.48. The van der Waals surface area contributed by atoms with Gasteiger partial charge in [0.1, 0.15) is 36.2 Å². The molecule has 0 aromatic heterocycles. The lowest BCUT2D eigenvalue weighted by Crippen LogP contribution is -2.36. The van der Waals surface area contributed by atoms with Gasteiger partial charge in [-0.1, -0.05) is 6.07 Å². The molecule has 1 fully saturated rings. The maximum atomic E-state index is 12.4. The smallest absolute Gasteiger partial charge is 0.420 e. The van der Waals surface area contributed by atoms with Crippen LogP contribution in [-0.4, -0.2) is 50.7 Å². The minimum atomic E-state index is -0.486. The van der Waals surface area contributed by atoms with Gasteiger partial charge < -0.3 is 29.0 Å². The summed E-state index contributed by atoms with van der Waals surface area (Å²) in [5.41, 5.74) is 2.75. The van der Waals surface area contributed by atoms with Crippen molar-refractivity contribution >= 4 is 17.5 Å². The van der Waals surface area contributed by atoms with Crippen molar-refractivity contribution in [2.75, 3.05) is 49.3 Å². The molecule has 0 aliphatic carbocycles. The number of anilines is 2. The third-order valence-electron chi connectivity index (χ3n) is 6.48. The minimum Gasteiger partial charge on any atom is -0.508 e. The van der Waals surface area contributed by atoms with Crippen molar-refractivity contribution in [3.05, 3.63) is 72.3 Å². The maximum absolute atomic E-state index is 12.4. The van der Waals surface area contributed by atoms with Crippen LogP contribution < -0.4 is 24.0 Å². The summed E-state index contributed by atoms with van der Waals surface area (Å²) in [6.45, 7) is 4.40. The van der Waals surface area contributed by atoms with E-state index in [1.54, 1.807) is 12.1 Å². The highest BCUT2D eigenvalue weighted by molar-refractivity contribution is 5.91. The number of phenols is 1. The molecule has 194 valence electrons. The lowest BCUT2D eigenvalue weighted by Gasteiger charge is -2.29. The zero-order valence-electron chi connectivity index (χ0n) is 20.8. The lowest BCUT2D eigenvalue weighted by atomic mass is 10.1. The molecule has 0 atom stereocenters. The summed E-state index contributed by atoms with van der Waals surface area (Å²) < 4.78 is 22.6. The molecule has 8 nitrogen and oxygen atoms in total. The first kappa shape index (κ1) is 24.8. The Kier molecular flexibility index (Phi) is 7.96. The van der Waals surface area contributed by atoms with E-state index in [1.807, 2.05) is 36.4 Å². The van der Waals surface area contributed by atoms with Gasteiger partial charge in [0.25, 0.3) is 0 Å². The average Bonchev–Trinajstić information content (AvgIpc) is 2.93. The van der Waals surface area contributed by atoms with Crippen LogP contribution in [0.2, 0.25) is 0 Å². The Morgan fingerprint density at radius 2 is 1.54 bits per heavy atom. The number of piperidine rings is 1. The van der Waals surface area contributed by atoms with Crippen LogP contribution in [0.4, 0.5) is 16.2 Å². The van der Waals surface area contributed by atoms with Crippen molar-refractivity contribution in [2.45, 2.75) is 25.8 Å². The Morgan fingerprint density at radius 3 is 2.32 bits per heavy atom. The molecule has 2 heterocycles. The van der Waals surface area contributed by atoms with Crippen LogP contribution in [0.5, 0.6) is 23.0 Å². The van der Waals surface area contributed by atoms with E-state index in [9.17, 15) is 9.90 Å². The first-order valence-corrected chi connectivity index (χ1v) is 12.8. The SMILES string of the molecule is O=C1Oc2cc(O)ccc2CN1c1ccc(OCCOCCOc2cccc(N3CCCCC3)c2)cc1. The minimum absolute atomic E-state index is 0.0658. The Bertz CT molecular complexity index is 1190. The summed E-state index contributed by atoms with van der Waals surface area (Å²) in [6, 6.07) is 20.3. The van der Waals surface area contributed by atoms with E-state index in [-0.39, 0.29) is 5.75 Å². The summed E-state index contributed by atoms with van der Waals surface area (Å²) in [7, 11) is 0. The number of amides is 1. The predicted molar refractivity (Wildman–Crippen MR) is 141 cm³/mol. The molecular weight excluding hydrogens is 472 g/mol. The molecule has 0 bridgehead atoms. The van der Waals surface area contributed by atoms with Crippen molar-refractivity contribution in [1.82, 2.24) is 0 Å². The van der Waals surface area contributed by atoms with Crippen molar-refractivity contribution < 1.29 is 28.8 Å². The Hall–Kier alpha value is -3.91. The standard InChI is InChI=1S/C29H32N2O6/c32-25-10-7-22-21-31(29(33)37-28(22)20-25)23-8-11-26(12-9-23)35-17-15-34-16-18-36-27-6-4-5-24(19-27)30-13-2-1-3-14-30/h4-12,19-20,32H,1-3,13-18,21H2. The molecule has 0 spiro atoms. The fourth-order valence-electron chi connectivity index (χ4n) is 4.53. The molecule has 0 radical (unpaired) electrons. The number of ether oxygens (including phenoxy) is 4. The second-order valence-corrected chi connectivity index (χ2v) is 9.09. The van der Waals surface area contributed by atoms with Gasteiger partial charge in [-0.15, -0.1) is 0 Å². The number of rotatable bonds is 10. The molecule has 0 unspecified atom stereocenters. The van der Waals surface area contributed by atoms with Gasteiger partial charge in [0.15, 0.2) is 0 Å². The van der Waals surface area contributed by atoms with Crippen LogP contribution in [0.15, 0.2) is 66.7 Å². The summed E-state index contributed by atoms with van der Waals surface area (Å²) in [4.78, 5) is 16.3. The molecule has 2 aliphatic heterocycles. The van der Waals surface area contributed by atoms with Crippen molar-refractivity contribution in [2.24, 2.45) is 0 Å². The number of carbonyl (C=O) groups excluding carboxylic acids is 1. The Labute approximate surface area is 216 Å². The van der Waals surface area contributed by atoms with Crippen LogP contribution in [-0.2, 0) is 11.3 Å². The summed E-state index contributed by atoms with van der Waals surface area (Å²) >= 11 is 0. The molecular formula is C29H32N2O6. The van der Waals surface area contributed by atoms with Crippen LogP contribution >= 0.6 is 0 Å². The van der Waals surface area contributed by atoms with Gasteiger partial charge in [0.05, 0.1) is 19.8 Å². The number of aromatic hydroxyl groups is 1. The second kappa shape index (κ2) is 11.9. The van der Waals surface area contributed by atoms with Gasteiger partial charge in [-0.3, -0.25) is 4.90 Å². The van der Waals surface area contributed by atoms with Gasteiger partial charge in [-0.05, 0) is 67.8 Å². The first-order valence-electron chi connectivity index (χ1n) is 12.8. The van der Waals surface area contributed by atoms with Crippen molar-refractivity contribution in [3.8, 4) is 23.0 Å². The van der Waals surface area contributed by atoms with Gasteiger partial charge >= 0.3 is 6.09 Å². The normalized spacial score (nSPS) is 15.2. The number of benzene rings is 3. The molecule has 1 N–H and O–H groups in total. The first-order chi connectivity index (χ1) is 18.2. The number of nitrogens with zero attached hydrogens (tertiary/aromatic N) is 2. The predicted octanol–water partition coefficient (Wildman–Crippen LogP) is 5.38. The molecule has 1 saturated heterocycles. The van der Waals surface area contributed by atoms with Gasteiger partial charge in [0.2, 0.25) is 0 Å². The summed E-state index contributed by atoms with van der Waals surface area (Å²) in [5, 5.41) is 9.58. The highest BCUT2D eigenvalue weighted by Gasteiger charge is 2.26. The fraction of sp³-hybridized carbons (Fsp3) is 0.345. The largest absolute Gasteiger partial charge is 0.508 e. The van der Waals surface area contributed by atoms with Gasteiger partial charge in [-0.25, -0.2) is 4.79 Å². The Morgan fingerprint density at radius 1 is 0.784 bits per heavy atom. The van der Waals surface area contributed by atoms with Crippen molar-refractivity contribution in [3.63, 3.8) is 0 Å². The monoisotopic (exact) mass is 504 g/mol. The van der Waals surface area contributed by atoms with Crippen LogP contribution in [0.1, 0.15) is 24.8 Å². The van der Waals surface area contributed by atoms with Crippen LogP contribution in [0.3, 0.4) is 0 Å². The quantitative estimate of drug-likeness (QED) is 0.372. The number of phenolic OH excluding ortho intramolecular Hbond substituents is 1. The van der Waals surface area contributed by atoms with Gasteiger partial charge in [0, 0.05) is 42.2 Å². The van der Waals surface area contributed by atoms with E-state index in [2.05, 4.69) is 17.0 Å². The molecule has 0 saturated carbocycles. The summed E-state index contributed by atoms with van der Waals surface area (Å²) in [6.07, 6.45) is 3.33. The highest BCUT2D eigenvalue weighted by atomic mass is 16.6. The highest BCUT2D eigenvalue weighted by Crippen LogP contribution is 2.32. The number of hydrogen-bond acceptors (Lipinski definition) is 7. The maximum Gasteiger partial charge on any atom is 0.420 e. The molecule has 3 aromatic carbocycles. The van der Waals surface area contributed by atoms with E-state index in [1.165, 1.54) is 35.9 Å². The topological polar surface area (TPSA) is 80.7 Å². The number of hydrogen-bond donors (Lipinski definition) is 1. The van der Waals surface area contributed by atoms with E-state index in [4.69, 9.17) is 18.9 Å². The number of carbonyl (C=O) groups is 1. The Balaban J connectivity index is 1.01. The zero-order valence-corrected chi connectivity index (χ0v) is 20.8. The molecule has 37 heavy (non-hydrogen) atoms. The van der Waals surface area contributed by atoms with E-state index >= 15 is 0 Å². The van der Waals surface area contributed by atoms with E-state index in [0.717, 1.165) is 24.4 Å². The van der Waals surface area contributed by atoms with E-state index in [0.29, 0.717) is 50.2 Å². The molecule has 5 rings (SSSR count). The van der Waals surface area contributed by atoms with Gasteiger partial charge in [-0.2, -0.15) is 0 Å². The zero-order chi connectivity index (χ0) is 25.5. The molecule has 2 aliphatic rings. The van der Waals surface area contributed by atoms with Crippen LogP contribution in [0.25, 0.3) is 0 Å². The second-order valence-electron chi connectivity index (χ2n) is 9.09. The van der Waals surface area contributed by atoms with Crippen LogP contribution in [0, 0.1) is 0 Å².